The molecule has 1 N–H and O–H groups in total. The van der Waals surface area contributed by atoms with E-state index in [0.29, 0.717) is 11.7 Å². The van der Waals surface area contributed by atoms with Crippen LogP contribution in [-0.2, 0) is 6.42 Å². The second-order valence-corrected chi connectivity index (χ2v) is 4.75. The SMILES string of the molecule is CC(C)Oc1nccnc1NCCc1cscn1. The molecule has 0 radical (unpaired) electrons. The number of nitrogens with one attached hydrogen (secondary N) is 1. The van der Waals surface area contributed by atoms with E-state index in [0.717, 1.165) is 18.7 Å². The molecule has 0 saturated heterocycles. The average molecular weight is 264 g/mol. The van der Waals surface area contributed by atoms with Gasteiger partial charge in [-0.05, 0) is 13.8 Å². The third kappa shape index (κ3) is 3.66. The van der Waals surface area contributed by atoms with Crippen LogP contribution in [0.5, 0.6) is 5.88 Å². The van der Waals surface area contributed by atoms with Crippen molar-refractivity contribution in [1.82, 2.24) is 15.0 Å². The van der Waals surface area contributed by atoms with Crippen LogP contribution in [0.2, 0.25) is 0 Å². The number of ether oxygens (including phenoxy) is 1. The topological polar surface area (TPSA) is 59.9 Å². The number of hydrogen-bond donors (Lipinski definition) is 1. The second-order valence-electron chi connectivity index (χ2n) is 4.03. The first-order chi connectivity index (χ1) is 8.75. The van der Waals surface area contributed by atoms with Crippen molar-refractivity contribution in [3.8, 4) is 5.88 Å². The van der Waals surface area contributed by atoms with Crippen molar-refractivity contribution in [1.29, 1.82) is 0 Å². The summed E-state index contributed by atoms with van der Waals surface area (Å²) in [4.78, 5) is 12.6. The van der Waals surface area contributed by atoms with Gasteiger partial charge in [0.25, 0.3) is 5.88 Å². The van der Waals surface area contributed by atoms with E-state index < -0.39 is 0 Å². The number of aromatic nitrogens is 3. The molecule has 2 aromatic rings. The van der Waals surface area contributed by atoms with E-state index >= 15 is 0 Å². The fraction of sp³-hybridized carbons (Fsp3) is 0.417. The number of rotatable bonds is 6. The molecule has 0 saturated carbocycles. The van der Waals surface area contributed by atoms with Crippen molar-refractivity contribution in [2.45, 2.75) is 26.4 Å². The predicted molar refractivity (Wildman–Crippen MR) is 72.1 cm³/mol. The van der Waals surface area contributed by atoms with Crippen LogP contribution in [0.4, 0.5) is 5.82 Å². The maximum absolute atomic E-state index is 5.58. The fourth-order valence-electron chi connectivity index (χ4n) is 1.43. The van der Waals surface area contributed by atoms with Gasteiger partial charge >= 0.3 is 0 Å². The fourth-order valence-corrected chi connectivity index (χ4v) is 2.02. The van der Waals surface area contributed by atoms with Crippen LogP contribution >= 0.6 is 11.3 Å². The molecule has 0 aromatic carbocycles. The molecule has 2 heterocycles. The van der Waals surface area contributed by atoms with Crippen molar-refractivity contribution in [2.75, 3.05) is 11.9 Å². The molecule has 5 nitrogen and oxygen atoms in total. The minimum absolute atomic E-state index is 0.0841. The molecule has 2 rings (SSSR count). The summed E-state index contributed by atoms with van der Waals surface area (Å²) in [5.41, 5.74) is 2.92. The molecule has 0 spiro atoms. The van der Waals surface area contributed by atoms with Gasteiger partial charge in [-0.25, -0.2) is 15.0 Å². The van der Waals surface area contributed by atoms with Gasteiger partial charge in [-0.2, -0.15) is 0 Å². The maximum Gasteiger partial charge on any atom is 0.257 e. The highest BCUT2D eigenvalue weighted by atomic mass is 32.1. The zero-order chi connectivity index (χ0) is 12.8. The Kier molecular flexibility index (Phi) is 4.46. The van der Waals surface area contributed by atoms with Crippen LogP contribution in [0.15, 0.2) is 23.3 Å². The molecule has 0 unspecified atom stereocenters. The molecular weight excluding hydrogens is 248 g/mol. The molecule has 2 aromatic heterocycles. The minimum Gasteiger partial charge on any atom is -0.472 e. The van der Waals surface area contributed by atoms with Gasteiger partial charge in [0.05, 0.1) is 17.3 Å². The van der Waals surface area contributed by atoms with E-state index in [2.05, 4.69) is 20.3 Å². The largest absolute Gasteiger partial charge is 0.472 e. The zero-order valence-electron chi connectivity index (χ0n) is 10.5. The van der Waals surface area contributed by atoms with E-state index in [1.165, 1.54) is 0 Å². The van der Waals surface area contributed by atoms with Crippen molar-refractivity contribution in [3.05, 3.63) is 29.0 Å². The third-order valence-electron chi connectivity index (χ3n) is 2.17. The van der Waals surface area contributed by atoms with E-state index in [4.69, 9.17) is 4.74 Å². The lowest BCUT2D eigenvalue weighted by Gasteiger charge is -2.12. The van der Waals surface area contributed by atoms with Crippen LogP contribution in [-0.4, -0.2) is 27.6 Å². The van der Waals surface area contributed by atoms with Crippen molar-refractivity contribution in [2.24, 2.45) is 0 Å². The van der Waals surface area contributed by atoms with Gasteiger partial charge in [0.15, 0.2) is 5.82 Å². The van der Waals surface area contributed by atoms with Crippen LogP contribution in [0.3, 0.4) is 0 Å². The minimum atomic E-state index is 0.0841. The molecule has 0 aliphatic rings. The van der Waals surface area contributed by atoms with Crippen LogP contribution in [0.1, 0.15) is 19.5 Å². The average Bonchev–Trinajstić information content (AvgIpc) is 2.84. The highest BCUT2D eigenvalue weighted by Crippen LogP contribution is 2.18. The summed E-state index contributed by atoms with van der Waals surface area (Å²) in [6.07, 6.45) is 4.23. The summed E-state index contributed by atoms with van der Waals surface area (Å²) in [5.74, 6) is 1.23. The van der Waals surface area contributed by atoms with E-state index in [1.54, 1.807) is 23.7 Å². The zero-order valence-corrected chi connectivity index (χ0v) is 11.3. The quantitative estimate of drug-likeness (QED) is 0.868. The highest BCUT2D eigenvalue weighted by Gasteiger charge is 2.07. The monoisotopic (exact) mass is 264 g/mol. The van der Waals surface area contributed by atoms with Crippen molar-refractivity contribution >= 4 is 17.2 Å². The van der Waals surface area contributed by atoms with E-state index in [9.17, 15) is 0 Å². The summed E-state index contributed by atoms with van der Waals surface area (Å²) in [7, 11) is 0. The Labute approximate surface area is 110 Å². The Bertz CT molecular complexity index is 473. The van der Waals surface area contributed by atoms with Gasteiger partial charge in [0.1, 0.15) is 0 Å². The molecule has 6 heteroatoms. The lowest BCUT2D eigenvalue weighted by Crippen LogP contribution is -2.12. The summed E-state index contributed by atoms with van der Waals surface area (Å²) < 4.78 is 5.58. The van der Waals surface area contributed by atoms with Crippen molar-refractivity contribution < 1.29 is 4.74 Å². The first kappa shape index (κ1) is 12.8. The standard InChI is InChI=1S/C12H16N4OS/c1-9(2)17-12-11(14-5-6-15-12)13-4-3-10-7-18-8-16-10/h5-9H,3-4H2,1-2H3,(H,13,14). The molecule has 0 bridgehead atoms. The van der Waals surface area contributed by atoms with Gasteiger partial charge in [0.2, 0.25) is 0 Å². The number of hydrogen-bond acceptors (Lipinski definition) is 6. The lowest BCUT2D eigenvalue weighted by molar-refractivity contribution is 0.233. The Morgan fingerprint density at radius 2 is 2.11 bits per heavy atom. The smallest absolute Gasteiger partial charge is 0.257 e. The number of anilines is 1. The first-order valence-electron chi connectivity index (χ1n) is 5.84. The number of thiazole rings is 1. The first-order valence-corrected chi connectivity index (χ1v) is 6.78. The lowest BCUT2D eigenvalue weighted by atomic mass is 10.3. The van der Waals surface area contributed by atoms with Crippen LogP contribution in [0.25, 0.3) is 0 Å². The molecule has 18 heavy (non-hydrogen) atoms. The highest BCUT2D eigenvalue weighted by molar-refractivity contribution is 7.07. The summed E-state index contributed by atoms with van der Waals surface area (Å²) >= 11 is 1.61. The molecule has 0 aliphatic carbocycles. The molecule has 0 aliphatic heterocycles. The van der Waals surface area contributed by atoms with Gasteiger partial charge in [0, 0.05) is 30.7 Å². The third-order valence-corrected chi connectivity index (χ3v) is 2.80. The summed E-state index contributed by atoms with van der Waals surface area (Å²) in [5, 5.41) is 5.27. The molecular formula is C12H16N4OS. The Morgan fingerprint density at radius 3 is 2.83 bits per heavy atom. The molecule has 0 amide bonds. The van der Waals surface area contributed by atoms with Gasteiger partial charge in [-0.3, -0.25) is 0 Å². The van der Waals surface area contributed by atoms with Crippen LogP contribution < -0.4 is 10.1 Å². The number of nitrogens with zero attached hydrogens (tertiary/aromatic N) is 3. The van der Waals surface area contributed by atoms with E-state index in [1.807, 2.05) is 24.7 Å². The molecule has 96 valence electrons. The predicted octanol–water partition coefficient (Wildman–Crippen LogP) is 2.37. The summed E-state index contributed by atoms with van der Waals surface area (Å²) in [6.45, 7) is 4.69. The van der Waals surface area contributed by atoms with Crippen LogP contribution in [0, 0.1) is 0 Å². The molecule has 0 fully saturated rings. The Balaban J connectivity index is 1.92. The van der Waals surface area contributed by atoms with Gasteiger partial charge in [-0.1, -0.05) is 0 Å². The Morgan fingerprint density at radius 1 is 1.28 bits per heavy atom. The van der Waals surface area contributed by atoms with Gasteiger partial charge < -0.3 is 10.1 Å². The maximum atomic E-state index is 5.58. The van der Waals surface area contributed by atoms with Gasteiger partial charge in [-0.15, -0.1) is 11.3 Å². The van der Waals surface area contributed by atoms with E-state index in [-0.39, 0.29) is 6.10 Å². The second kappa shape index (κ2) is 6.30. The Hall–Kier alpha value is -1.69. The normalized spacial score (nSPS) is 10.6. The summed E-state index contributed by atoms with van der Waals surface area (Å²) in [6, 6.07) is 0. The molecule has 0 atom stereocenters. The van der Waals surface area contributed by atoms with Crippen molar-refractivity contribution in [3.63, 3.8) is 0 Å².